The summed E-state index contributed by atoms with van der Waals surface area (Å²) >= 11 is 0. The van der Waals surface area contributed by atoms with Crippen LogP contribution in [0.4, 0.5) is 17.2 Å². The third kappa shape index (κ3) is 3.14. The molecule has 6 nitrogen and oxygen atoms in total. The number of anilines is 1. The van der Waals surface area contributed by atoms with Crippen LogP contribution in [0.1, 0.15) is 37.7 Å². The summed E-state index contributed by atoms with van der Waals surface area (Å²) in [4.78, 5) is 0. The molecular formula is C20H26N6. The lowest BCUT2D eigenvalue weighted by atomic mass is 9.91. The van der Waals surface area contributed by atoms with E-state index in [1.807, 2.05) is 62.0 Å². The highest BCUT2D eigenvalue weighted by molar-refractivity contribution is 5.66. The van der Waals surface area contributed by atoms with Crippen LogP contribution in [-0.2, 0) is 12.5 Å². The van der Waals surface area contributed by atoms with Crippen LogP contribution in [-0.4, -0.2) is 14.3 Å². The topological polar surface area (TPSA) is 73.5 Å². The Labute approximate surface area is 154 Å². The zero-order chi connectivity index (χ0) is 19.1. The van der Waals surface area contributed by atoms with Gasteiger partial charge in [0.1, 0.15) is 5.69 Å². The van der Waals surface area contributed by atoms with Crippen LogP contribution >= 0.6 is 0 Å². The van der Waals surface area contributed by atoms with E-state index < -0.39 is 0 Å². The molecule has 0 radical (unpaired) electrons. The molecule has 3 rings (SSSR count). The highest BCUT2D eigenvalue weighted by Gasteiger charge is 2.26. The molecule has 0 amide bonds. The predicted octanol–water partition coefficient (Wildman–Crippen LogP) is 5.12. The summed E-state index contributed by atoms with van der Waals surface area (Å²) in [6.45, 7) is 10.4. The summed E-state index contributed by atoms with van der Waals surface area (Å²) in [7, 11) is 2.00. The van der Waals surface area contributed by atoms with E-state index in [1.165, 1.54) is 0 Å². The number of nitrogens with two attached hydrogens (primary N) is 1. The van der Waals surface area contributed by atoms with E-state index in [0.29, 0.717) is 11.5 Å². The number of rotatable bonds is 3. The van der Waals surface area contributed by atoms with Gasteiger partial charge < -0.3 is 10.3 Å². The van der Waals surface area contributed by atoms with Gasteiger partial charge in [-0.3, -0.25) is 0 Å². The lowest BCUT2D eigenvalue weighted by molar-refractivity contribution is 0.561. The molecule has 0 aliphatic rings. The van der Waals surface area contributed by atoms with Crippen LogP contribution in [0, 0.1) is 13.8 Å². The maximum Gasteiger partial charge on any atom is 0.155 e. The van der Waals surface area contributed by atoms with Crippen LogP contribution in [0.3, 0.4) is 0 Å². The number of nitrogen functional groups attached to an aromatic ring is 1. The average Bonchev–Trinajstić information content (AvgIpc) is 3.04. The van der Waals surface area contributed by atoms with E-state index in [-0.39, 0.29) is 5.41 Å². The number of nitrogens with zero attached hydrogens (tertiary/aromatic N) is 5. The molecule has 0 bridgehead atoms. The monoisotopic (exact) mass is 350 g/mol. The standard InChI is InChI=1S/C20H26N6/c1-13-12-25(6)14(2)16(13)22-23-17-18(20(3,4)5)24-26(19(17)21)15-10-8-7-9-11-15/h7-12H,21H2,1-6H3. The van der Waals surface area contributed by atoms with Crippen molar-refractivity contribution in [3.8, 4) is 5.69 Å². The summed E-state index contributed by atoms with van der Waals surface area (Å²) in [5, 5.41) is 13.8. The Kier molecular flexibility index (Phi) is 4.44. The number of hydrogen-bond donors (Lipinski definition) is 1. The molecule has 0 fully saturated rings. The molecule has 0 saturated heterocycles. The highest BCUT2D eigenvalue weighted by atomic mass is 15.3. The van der Waals surface area contributed by atoms with Gasteiger partial charge in [-0.2, -0.15) is 5.10 Å². The molecule has 0 unspecified atom stereocenters. The first-order valence-corrected chi connectivity index (χ1v) is 8.69. The van der Waals surface area contributed by atoms with Gasteiger partial charge in [-0.05, 0) is 31.5 Å². The number of hydrogen-bond acceptors (Lipinski definition) is 4. The van der Waals surface area contributed by atoms with E-state index in [2.05, 4.69) is 31.0 Å². The number of aromatic nitrogens is 3. The normalized spacial score (nSPS) is 12.2. The first-order valence-electron chi connectivity index (χ1n) is 8.69. The number of para-hydroxylation sites is 1. The van der Waals surface area contributed by atoms with Gasteiger partial charge in [0.15, 0.2) is 11.5 Å². The molecule has 2 aromatic heterocycles. The third-order valence-electron chi connectivity index (χ3n) is 4.49. The molecule has 3 aromatic rings. The van der Waals surface area contributed by atoms with Gasteiger partial charge in [-0.25, -0.2) is 4.68 Å². The highest BCUT2D eigenvalue weighted by Crippen LogP contribution is 2.38. The zero-order valence-electron chi connectivity index (χ0n) is 16.3. The predicted molar refractivity (Wildman–Crippen MR) is 106 cm³/mol. The minimum atomic E-state index is -0.205. The largest absolute Gasteiger partial charge is 0.382 e. The molecule has 6 heteroatoms. The van der Waals surface area contributed by atoms with E-state index in [9.17, 15) is 0 Å². The first kappa shape index (κ1) is 17.9. The Morgan fingerprint density at radius 1 is 1.00 bits per heavy atom. The zero-order valence-corrected chi connectivity index (χ0v) is 16.3. The maximum absolute atomic E-state index is 6.42. The number of benzene rings is 1. The van der Waals surface area contributed by atoms with E-state index in [4.69, 9.17) is 10.8 Å². The lowest BCUT2D eigenvalue weighted by Crippen LogP contribution is -2.13. The molecular weight excluding hydrogens is 324 g/mol. The van der Waals surface area contributed by atoms with Gasteiger partial charge in [0.25, 0.3) is 0 Å². The van der Waals surface area contributed by atoms with Crippen LogP contribution in [0.15, 0.2) is 46.8 Å². The molecule has 136 valence electrons. The van der Waals surface area contributed by atoms with Gasteiger partial charge in [0.05, 0.1) is 11.4 Å². The summed E-state index contributed by atoms with van der Waals surface area (Å²) < 4.78 is 3.78. The van der Waals surface area contributed by atoms with E-state index in [1.54, 1.807) is 4.68 Å². The molecule has 1 aromatic carbocycles. The average molecular weight is 350 g/mol. The molecule has 0 saturated carbocycles. The summed E-state index contributed by atoms with van der Waals surface area (Å²) in [5.74, 6) is 0.496. The Hall–Kier alpha value is -2.89. The van der Waals surface area contributed by atoms with Crippen molar-refractivity contribution in [3.05, 3.63) is 53.5 Å². The van der Waals surface area contributed by atoms with Crippen molar-refractivity contribution in [2.24, 2.45) is 17.3 Å². The Morgan fingerprint density at radius 2 is 1.62 bits per heavy atom. The molecule has 0 spiro atoms. The van der Waals surface area contributed by atoms with Crippen molar-refractivity contribution < 1.29 is 0 Å². The first-order chi connectivity index (χ1) is 12.2. The van der Waals surface area contributed by atoms with Crippen LogP contribution < -0.4 is 5.73 Å². The van der Waals surface area contributed by atoms with Gasteiger partial charge in [-0.1, -0.05) is 39.0 Å². The fourth-order valence-corrected chi connectivity index (χ4v) is 2.94. The quantitative estimate of drug-likeness (QED) is 0.666. The van der Waals surface area contributed by atoms with Gasteiger partial charge in [0, 0.05) is 24.4 Å². The smallest absolute Gasteiger partial charge is 0.155 e. The van der Waals surface area contributed by atoms with Crippen molar-refractivity contribution >= 4 is 17.2 Å². The van der Waals surface area contributed by atoms with E-state index >= 15 is 0 Å². The second kappa shape index (κ2) is 6.44. The van der Waals surface area contributed by atoms with Crippen molar-refractivity contribution in [2.45, 2.75) is 40.0 Å². The fraction of sp³-hybridized carbons (Fsp3) is 0.350. The molecule has 26 heavy (non-hydrogen) atoms. The van der Waals surface area contributed by atoms with Gasteiger partial charge >= 0.3 is 0 Å². The fourth-order valence-electron chi connectivity index (χ4n) is 2.94. The van der Waals surface area contributed by atoms with Crippen LogP contribution in [0.5, 0.6) is 0 Å². The minimum absolute atomic E-state index is 0.205. The Morgan fingerprint density at radius 3 is 2.15 bits per heavy atom. The molecule has 0 aliphatic carbocycles. The molecule has 2 heterocycles. The SMILES string of the molecule is Cc1cn(C)c(C)c1N=Nc1c(C(C)(C)C)nn(-c2ccccc2)c1N. The van der Waals surface area contributed by atoms with Gasteiger partial charge in [0.2, 0.25) is 0 Å². The summed E-state index contributed by atoms with van der Waals surface area (Å²) in [6.07, 6.45) is 2.05. The second-order valence-corrected chi connectivity index (χ2v) is 7.64. The third-order valence-corrected chi connectivity index (χ3v) is 4.49. The molecule has 0 aliphatic heterocycles. The minimum Gasteiger partial charge on any atom is -0.382 e. The number of azo groups is 1. The lowest BCUT2D eigenvalue weighted by Gasteiger charge is -2.15. The van der Waals surface area contributed by atoms with Crippen molar-refractivity contribution in [2.75, 3.05) is 5.73 Å². The summed E-state index contributed by atoms with van der Waals surface area (Å²) in [5.41, 5.74) is 11.6. The summed E-state index contributed by atoms with van der Waals surface area (Å²) in [6, 6.07) is 9.84. The van der Waals surface area contributed by atoms with E-state index in [0.717, 1.165) is 28.3 Å². The molecule has 2 N–H and O–H groups in total. The van der Waals surface area contributed by atoms with Crippen molar-refractivity contribution in [1.82, 2.24) is 14.3 Å². The van der Waals surface area contributed by atoms with Crippen LogP contribution in [0.2, 0.25) is 0 Å². The van der Waals surface area contributed by atoms with Crippen molar-refractivity contribution in [3.63, 3.8) is 0 Å². The maximum atomic E-state index is 6.42. The second-order valence-electron chi connectivity index (χ2n) is 7.64. The Balaban J connectivity index is 2.14. The van der Waals surface area contributed by atoms with Crippen LogP contribution in [0.25, 0.3) is 5.69 Å². The number of aryl methyl sites for hydroxylation is 2. The Bertz CT molecular complexity index is 955. The van der Waals surface area contributed by atoms with Gasteiger partial charge in [-0.15, -0.1) is 10.2 Å². The van der Waals surface area contributed by atoms with Crippen molar-refractivity contribution in [1.29, 1.82) is 0 Å². The molecule has 0 atom stereocenters.